The monoisotopic (exact) mass is 393 g/mol. The molecule has 1 N–H and O–H groups in total. The molecule has 0 atom stereocenters. The molecular formula is C15H14F3NO4S2. The van der Waals surface area contributed by atoms with Gasteiger partial charge in [-0.25, -0.2) is 16.8 Å². The largest absolute Gasteiger partial charge is 0.416 e. The van der Waals surface area contributed by atoms with Crippen molar-refractivity contribution in [3.63, 3.8) is 0 Å². The molecule has 0 unspecified atom stereocenters. The lowest BCUT2D eigenvalue weighted by Crippen LogP contribution is -2.15. The van der Waals surface area contributed by atoms with Crippen molar-refractivity contribution in [2.75, 3.05) is 11.0 Å². The van der Waals surface area contributed by atoms with Gasteiger partial charge in [0, 0.05) is 11.9 Å². The van der Waals surface area contributed by atoms with E-state index in [1.54, 1.807) is 0 Å². The van der Waals surface area contributed by atoms with E-state index in [1.165, 1.54) is 25.1 Å². The fourth-order valence-electron chi connectivity index (χ4n) is 2.08. The lowest BCUT2D eigenvalue weighted by molar-refractivity contribution is -0.138. The summed E-state index contributed by atoms with van der Waals surface area (Å²) in [6.45, 7) is 1.26. The third kappa shape index (κ3) is 4.51. The molecule has 136 valence electrons. The first kappa shape index (κ1) is 19.3. The van der Waals surface area contributed by atoms with E-state index >= 15 is 0 Å². The molecule has 0 heterocycles. The summed E-state index contributed by atoms with van der Waals surface area (Å²) in [4.78, 5) is -0.583. The van der Waals surface area contributed by atoms with Crippen molar-refractivity contribution < 1.29 is 30.0 Å². The molecule has 25 heavy (non-hydrogen) atoms. The van der Waals surface area contributed by atoms with Crippen LogP contribution in [0.15, 0.2) is 52.3 Å². The summed E-state index contributed by atoms with van der Waals surface area (Å²) in [5.41, 5.74) is -1.28. The lowest BCUT2D eigenvalue weighted by Gasteiger charge is -2.14. The fraction of sp³-hybridized carbons (Fsp3) is 0.200. The summed E-state index contributed by atoms with van der Waals surface area (Å²) in [6.07, 6.45) is -3.70. The second-order valence-corrected chi connectivity index (χ2v) is 9.08. The Morgan fingerprint density at radius 3 is 2.08 bits per heavy atom. The molecule has 0 radical (unpaired) electrons. The maximum atomic E-state index is 12.9. The van der Waals surface area contributed by atoms with Crippen LogP contribution in [0.5, 0.6) is 0 Å². The summed E-state index contributed by atoms with van der Waals surface area (Å²) >= 11 is 0. The number of anilines is 1. The quantitative estimate of drug-likeness (QED) is 0.865. The fourth-order valence-corrected chi connectivity index (χ4v) is 3.91. The van der Waals surface area contributed by atoms with Gasteiger partial charge >= 0.3 is 6.18 Å². The first-order valence-corrected chi connectivity index (χ1v) is 10.2. The lowest BCUT2D eigenvalue weighted by atomic mass is 10.1. The van der Waals surface area contributed by atoms with E-state index in [0.717, 1.165) is 24.5 Å². The molecule has 2 aromatic carbocycles. The Morgan fingerprint density at radius 1 is 0.920 bits per heavy atom. The van der Waals surface area contributed by atoms with E-state index in [4.69, 9.17) is 0 Å². The number of sulfonamides is 1. The van der Waals surface area contributed by atoms with Crippen molar-refractivity contribution in [3.8, 4) is 0 Å². The minimum absolute atomic E-state index is 0.0467. The topological polar surface area (TPSA) is 80.3 Å². The zero-order chi connectivity index (χ0) is 19.0. The third-order valence-corrected chi connectivity index (χ3v) is 5.83. The van der Waals surface area contributed by atoms with Gasteiger partial charge in [-0.15, -0.1) is 0 Å². The van der Waals surface area contributed by atoms with Gasteiger partial charge in [-0.05, 0) is 42.8 Å². The highest BCUT2D eigenvalue weighted by Crippen LogP contribution is 2.34. The van der Waals surface area contributed by atoms with Crippen LogP contribution in [0.1, 0.15) is 11.1 Å². The van der Waals surface area contributed by atoms with Crippen molar-refractivity contribution in [1.82, 2.24) is 0 Å². The van der Waals surface area contributed by atoms with Crippen LogP contribution in [-0.4, -0.2) is 23.1 Å². The van der Waals surface area contributed by atoms with Gasteiger partial charge in [0.05, 0.1) is 15.4 Å². The summed E-state index contributed by atoms with van der Waals surface area (Å²) in [5, 5.41) is 0. The summed E-state index contributed by atoms with van der Waals surface area (Å²) in [5.74, 6) is 0. The maximum Gasteiger partial charge on any atom is 0.416 e. The molecule has 0 aliphatic heterocycles. The van der Waals surface area contributed by atoms with E-state index in [2.05, 4.69) is 0 Å². The molecule has 0 aliphatic rings. The van der Waals surface area contributed by atoms with Gasteiger partial charge in [0.1, 0.15) is 0 Å². The van der Waals surface area contributed by atoms with Gasteiger partial charge in [-0.3, -0.25) is 4.72 Å². The second-order valence-electron chi connectivity index (χ2n) is 5.38. The number of rotatable bonds is 4. The third-order valence-electron chi connectivity index (χ3n) is 3.34. The van der Waals surface area contributed by atoms with E-state index in [9.17, 15) is 30.0 Å². The van der Waals surface area contributed by atoms with Gasteiger partial charge in [0.25, 0.3) is 10.0 Å². The molecule has 2 aromatic rings. The predicted octanol–water partition coefficient (Wildman–Crippen LogP) is 3.22. The van der Waals surface area contributed by atoms with Crippen LogP contribution in [-0.2, 0) is 26.0 Å². The van der Waals surface area contributed by atoms with Gasteiger partial charge in [-0.2, -0.15) is 13.2 Å². The maximum absolute atomic E-state index is 12.9. The molecule has 0 bridgehead atoms. The number of alkyl halides is 3. The molecule has 0 spiro atoms. The van der Waals surface area contributed by atoms with Crippen molar-refractivity contribution >= 4 is 25.5 Å². The molecule has 0 aromatic heterocycles. The van der Waals surface area contributed by atoms with Crippen LogP contribution >= 0.6 is 0 Å². The van der Waals surface area contributed by atoms with E-state index in [-0.39, 0.29) is 21.0 Å². The number of halogens is 3. The van der Waals surface area contributed by atoms with Crippen LogP contribution in [0.25, 0.3) is 0 Å². The number of hydrogen-bond acceptors (Lipinski definition) is 4. The van der Waals surface area contributed by atoms with Crippen molar-refractivity contribution in [2.24, 2.45) is 0 Å². The first-order valence-electron chi connectivity index (χ1n) is 6.81. The summed E-state index contributed by atoms with van der Waals surface area (Å²) < 4.78 is 88.5. The molecule has 0 amide bonds. The summed E-state index contributed by atoms with van der Waals surface area (Å²) in [7, 11) is -7.88. The number of aryl methyl sites for hydroxylation is 1. The summed E-state index contributed by atoms with van der Waals surface area (Å²) in [6, 6.07) is 7.58. The molecule has 0 fully saturated rings. The minimum atomic E-state index is -4.62. The van der Waals surface area contributed by atoms with Crippen LogP contribution in [0.4, 0.5) is 18.9 Å². The predicted molar refractivity (Wildman–Crippen MR) is 86.5 cm³/mol. The smallest absolute Gasteiger partial charge is 0.280 e. The van der Waals surface area contributed by atoms with Crippen LogP contribution < -0.4 is 4.72 Å². The Kier molecular flexibility index (Phi) is 4.88. The van der Waals surface area contributed by atoms with Crippen LogP contribution in [0, 0.1) is 6.92 Å². The highest BCUT2D eigenvalue weighted by Gasteiger charge is 2.32. The SMILES string of the molecule is Cc1ccc(NS(=O)(=O)c2cccc(S(C)(=O)=O)c2)cc1C(F)(F)F. The van der Waals surface area contributed by atoms with Gasteiger partial charge < -0.3 is 0 Å². The normalized spacial score (nSPS) is 12.8. The Morgan fingerprint density at radius 2 is 1.52 bits per heavy atom. The molecular weight excluding hydrogens is 379 g/mol. The van der Waals surface area contributed by atoms with Crippen LogP contribution in [0.2, 0.25) is 0 Å². The number of benzene rings is 2. The van der Waals surface area contributed by atoms with E-state index in [0.29, 0.717) is 6.07 Å². The molecule has 2 rings (SSSR count). The van der Waals surface area contributed by atoms with Gasteiger partial charge in [-0.1, -0.05) is 12.1 Å². The Hall–Kier alpha value is -2.07. The average molecular weight is 393 g/mol. The Balaban J connectivity index is 2.44. The zero-order valence-corrected chi connectivity index (χ0v) is 14.8. The highest BCUT2D eigenvalue weighted by atomic mass is 32.2. The molecule has 0 aliphatic carbocycles. The Bertz CT molecular complexity index is 1010. The van der Waals surface area contributed by atoms with Crippen molar-refractivity contribution in [3.05, 3.63) is 53.6 Å². The van der Waals surface area contributed by atoms with E-state index in [1.807, 2.05) is 4.72 Å². The molecule has 0 saturated heterocycles. The van der Waals surface area contributed by atoms with Gasteiger partial charge in [0.2, 0.25) is 0 Å². The highest BCUT2D eigenvalue weighted by molar-refractivity contribution is 7.93. The number of sulfone groups is 1. The van der Waals surface area contributed by atoms with Gasteiger partial charge in [0.15, 0.2) is 9.84 Å². The van der Waals surface area contributed by atoms with E-state index < -0.39 is 31.6 Å². The standard InChI is InChI=1S/C15H14F3NO4S2/c1-10-6-7-11(8-14(10)15(16,17)18)19-25(22,23)13-5-3-4-12(9-13)24(2,20)21/h3-9,19H,1-2H3. The first-order chi connectivity index (χ1) is 11.3. The van der Waals surface area contributed by atoms with Crippen molar-refractivity contribution in [2.45, 2.75) is 22.9 Å². The zero-order valence-electron chi connectivity index (χ0n) is 13.1. The van der Waals surface area contributed by atoms with Crippen LogP contribution in [0.3, 0.4) is 0 Å². The number of nitrogens with one attached hydrogen (secondary N) is 1. The minimum Gasteiger partial charge on any atom is -0.280 e. The molecule has 0 saturated carbocycles. The number of hydrogen-bond donors (Lipinski definition) is 1. The average Bonchev–Trinajstić information content (AvgIpc) is 2.47. The Labute approximate surface area is 143 Å². The molecule has 10 heteroatoms. The molecule has 5 nitrogen and oxygen atoms in total. The van der Waals surface area contributed by atoms with Crippen molar-refractivity contribution in [1.29, 1.82) is 0 Å². The second kappa shape index (κ2) is 6.34.